The fourth-order valence-corrected chi connectivity index (χ4v) is 3.11. The fourth-order valence-electron chi connectivity index (χ4n) is 2.03. The topological polar surface area (TPSA) is 24.9 Å². The van der Waals surface area contributed by atoms with Crippen molar-refractivity contribution in [2.24, 2.45) is 5.92 Å². The minimum Gasteiger partial charge on any atom is -0.313 e. The summed E-state index contributed by atoms with van der Waals surface area (Å²) in [5, 5.41) is 7.18. The molecular weight excluding hydrogens is 252 g/mol. The minimum atomic E-state index is 0.164. The summed E-state index contributed by atoms with van der Waals surface area (Å²) < 4.78 is 0. The van der Waals surface area contributed by atoms with E-state index in [-0.39, 0.29) is 5.41 Å². The van der Waals surface area contributed by atoms with Crippen molar-refractivity contribution in [2.45, 2.75) is 72.3 Å². The number of hydrogen-bond donors (Lipinski definition) is 1. The van der Waals surface area contributed by atoms with Gasteiger partial charge in [-0.25, -0.2) is 4.98 Å². The van der Waals surface area contributed by atoms with Gasteiger partial charge in [0.15, 0.2) is 0 Å². The molecule has 0 radical (unpaired) electrons. The van der Waals surface area contributed by atoms with Crippen LogP contribution in [0.3, 0.4) is 0 Å². The van der Waals surface area contributed by atoms with Gasteiger partial charge in [0.05, 0.1) is 10.7 Å². The van der Waals surface area contributed by atoms with E-state index in [1.54, 1.807) is 0 Å². The largest absolute Gasteiger partial charge is 0.313 e. The van der Waals surface area contributed by atoms with Crippen molar-refractivity contribution in [3.8, 4) is 0 Å². The van der Waals surface area contributed by atoms with E-state index in [1.807, 2.05) is 11.3 Å². The van der Waals surface area contributed by atoms with Gasteiger partial charge in [0.2, 0.25) is 0 Å². The summed E-state index contributed by atoms with van der Waals surface area (Å²) in [5.74, 6) is 0.702. The fraction of sp³-hybridized carbons (Fsp3) is 0.812. The molecule has 19 heavy (non-hydrogen) atoms. The zero-order valence-electron chi connectivity index (χ0n) is 13.4. The Kier molecular flexibility index (Phi) is 6.48. The molecule has 0 aliphatic carbocycles. The Bertz CT molecular complexity index is 365. The highest BCUT2D eigenvalue weighted by molar-refractivity contribution is 7.09. The van der Waals surface area contributed by atoms with Gasteiger partial charge in [-0.15, -0.1) is 11.3 Å². The molecule has 0 saturated carbocycles. The Hall–Kier alpha value is -0.410. The predicted octanol–water partition coefficient (Wildman–Crippen LogP) is 4.40. The summed E-state index contributed by atoms with van der Waals surface area (Å²) in [4.78, 5) is 4.82. The molecule has 0 aromatic carbocycles. The normalized spacial score (nSPS) is 15.5. The maximum atomic E-state index is 4.82. The van der Waals surface area contributed by atoms with Crippen molar-refractivity contribution in [1.82, 2.24) is 10.3 Å². The summed E-state index contributed by atoms with van der Waals surface area (Å²) >= 11 is 1.81. The van der Waals surface area contributed by atoms with Crippen LogP contribution in [0, 0.1) is 5.92 Å². The Morgan fingerprint density at radius 2 is 2.00 bits per heavy atom. The molecule has 1 heterocycles. The summed E-state index contributed by atoms with van der Waals surface area (Å²) in [6.45, 7) is 14.6. The average molecular weight is 282 g/mol. The Balaban J connectivity index is 2.70. The van der Waals surface area contributed by atoms with Crippen LogP contribution in [-0.2, 0) is 11.8 Å². The third-order valence-electron chi connectivity index (χ3n) is 3.70. The first-order chi connectivity index (χ1) is 8.88. The van der Waals surface area contributed by atoms with Gasteiger partial charge in [0.1, 0.15) is 0 Å². The van der Waals surface area contributed by atoms with Gasteiger partial charge < -0.3 is 5.32 Å². The van der Waals surface area contributed by atoms with Crippen molar-refractivity contribution in [1.29, 1.82) is 0 Å². The van der Waals surface area contributed by atoms with E-state index in [0.717, 1.165) is 13.0 Å². The molecule has 0 bridgehead atoms. The second-order valence-corrected chi connectivity index (χ2v) is 7.47. The lowest BCUT2D eigenvalue weighted by molar-refractivity contribution is 0.364. The third-order valence-corrected chi connectivity index (χ3v) is 4.57. The maximum absolute atomic E-state index is 4.82. The number of nitrogens with one attached hydrogen (secondary N) is 1. The van der Waals surface area contributed by atoms with Crippen LogP contribution in [0.15, 0.2) is 5.38 Å². The van der Waals surface area contributed by atoms with Crippen LogP contribution in [0.2, 0.25) is 0 Å². The summed E-state index contributed by atoms with van der Waals surface area (Å²) in [6, 6.07) is 0.559. The molecule has 3 heteroatoms. The van der Waals surface area contributed by atoms with Gasteiger partial charge in [0.25, 0.3) is 0 Å². The van der Waals surface area contributed by atoms with Crippen LogP contribution < -0.4 is 5.32 Å². The number of aromatic nitrogens is 1. The lowest BCUT2D eigenvalue weighted by Gasteiger charge is -2.23. The van der Waals surface area contributed by atoms with Gasteiger partial charge in [0, 0.05) is 23.3 Å². The Morgan fingerprint density at radius 1 is 1.32 bits per heavy atom. The first-order valence-electron chi connectivity index (χ1n) is 7.56. The van der Waals surface area contributed by atoms with E-state index in [9.17, 15) is 0 Å². The van der Waals surface area contributed by atoms with E-state index < -0.39 is 0 Å². The molecule has 1 aromatic heterocycles. The molecule has 2 unspecified atom stereocenters. The third kappa shape index (κ3) is 5.23. The van der Waals surface area contributed by atoms with Crippen molar-refractivity contribution in [3.63, 3.8) is 0 Å². The van der Waals surface area contributed by atoms with Crippen LogP contribution >= 0.6 is 11.3 Å². The second kappa shape index (κ2) is 7.39. The van der Waals surface area contributed by atoms with Crippen molar-refractivity contribution < 1.29 is 0 Å². The minimum absolute atomic E-state index is 0.164. The van der Waals surface area contributed by atoms with E-state index in [2.05, 4.69) is 52.2 Å². The molecule has 0 aliphatic heterocycles. The predicted molar refractivity (Wildman–Crippen MR) is 86.1 cm³/mol. The van der Waals surface area contributed by atoms with Crippen molar-refractivity contribution >= 4 is 11.3 Å². The highest BCUT2D eigenvalue weighted by Crippen LogP contribution is 2.25. The molecule has 1 rings (SSSR count). The zero-order chi connectivity index (χ0) is 14.5. The number of rotatable bonds is 7. The van der Waals surface area contributed by atoms with Crippen LogP contribution in [0.4, 0.5) is 0 Å². The SMILES string of the molecule is CCCNC(Cc1nc(C(C)(C)C)cs1)C(C)CC. The van der Waals surface area contributed by atoms with Gasteiger partial charge >= 0.3 is 0 Å². The summed E-state index contributed by atoms with van der Waals surface area (Å²) in [5.41, 5.74) is 1.39. The van der Waals surface area contributed by atoms with E-state index in [1.165, 1.54) is 23.5 Å². The number of hydrogen-bond acceptors (Lipinski definition) is 3. The molecule has 2 nitrogen and oxygen atoms in total. The number of nitrogens with zero attached hydrogens (tertiary/aromatic N) is 1. The second-order valence-electron chi connectivity index (χ2n) is 6.53. The highest BCUT2D eigenvalue weighted by Gasteiger charge is 2.20. The molecule has 110 valence electrons. The standard InChI is InChI=1S/C16H30N2S/c1-7-9-17-13(12(3)8-2)10-15-18-14(11-19-15)16(4,5)6/h11-13,17H,7-10H2,1-6H3. The van der Waals surface area contributed by atoms with Gasteiger partial charge in [-0.2, -0.15) is 0 Å². The smallest absolute Gasteiger partial charge is 0.0944 e. The van der Waals surface area contributed by atoms with Gasteiger partial charge in [-0.05, 0) is 18.9 Å². The monoisotopic (exact) mass is 282 g/mol. The van der Waals surface area contributed by atoms with Crippen LogP contribution in [0.5, 0.6) is 0 Å². The molecular formula is C16H30N2S. The first kappa shape index (κ1) is 16.6. The molecule has 1 N–H and O–H groups in total. The molecule has 0 aliphatic rings. The quantitative estimate of drug-likeness (QED) is 0.802. The van der Waals surface area contributed by atoms with Gasteiger partial charge in [-0.3, -0.25) is 0 Å². The maximum Gasteiger partial charge on any atom is 0.0944 e. The zero-order valence-corrected chi connectivity index (χ0v) is 14.2. The highest BCUT2D eigenvalue weighted by atomic mass is 32.1. The van der Waals surface area contributed by atoms with Gasteiger partial charge in [-0.1, -0.05) is 48.0 Å². The molecule has 1 aromatic rings. The number of thiazole rings is 1. The first-order valence-corrected chi connectivity index (χ1v) is 8.44. The van der Waals surface area contributed by atoms with Crippen molar-refractivity contribution in [2.75, 3.05) is 6.54 Å². The Morgan fingerprint density at radius 3 is 2.47 bits per heavy atom. The molecule has 2 atom stereocenters. The molecule has 0 saturated heterocycles. The van der Waals surface area contributed by atoms with Crippen molar-refractivity contribution in [3.05, 3.63) is 16.1 Å². The van der Waals surface area contributed by atoms with Crippen LogP contribution in [0.1, 0.15) is 65.1 Å². The molecule has 0 spiro atoms. The lowest BCUT2D eigenvalue weighted by atomic mass is 9.93. The van der Waals surface area contributed by atoms with E-state index in [4.69, 9.17) is 4.98 Å². The summed E-state index contributed by atoms with van der Waals surface area (Å²) in [6.07, 6.45) is 3.48. The molecule has 0 fully saturated rings. The van der Waals surface area contributed by atoms with E-state index in [0.29, 0.717) is 12.0 Å². The van der Waals surface area contributed by atoms with Crippen LogP contribution in [-0.4, -0.2) is 17.6 Å². The lowest BCUT2D eigenvalue weighted by Crippen LogP contribution is -2.37. The van der Waals surface area contributed by atoms with E-state index >= 15 is 0 Å². The molecule has 0 amide bonds. The average Bonchev–Trinajstić information content (AvgIpc) is 2.81. The summed E-state index contributed by atoms with van der Waals surface area (Å²) in [7, 11) is 0. The Labute approximate surface area is 123 Å². The van der Waals surface area contributed by atoms with Crippen LogP contribution in [0.25, 0.3) is 0 Å².